The van der Waals surface area contributed by atoms with Crippen molar-refractivity contribution in [2.24, 2.45) is 5.73 Å². The molecule has 0 saturated heterocycles. The van der Waals surface area contributed by atoms with Crippen molar-refractivity contribution in [2.75, 3.05) is 20.8 Å². The number of rotatable bonds is 4. The van der Waals surface area contributed by atoms with Gasteiger partial charge in [0.25, 0.3) is 0 Å². The van der Waals surface area contributed by atoms with E-state index in [0.717, 1.165) is 30.8 Å². The van der Waals surface area contributed by atoms with Crippen LogP contribution in [-0.4, -0.2) is 20.8 Å². The Morgan fingerprint density at radius 1 is 1.19 bits per heavy atom. The number of methoxy groups -OCH3 is 2. The summed E-state index contributed by atoms with van der Waals surface area (Å²) in [6.45, 7) is 0.682. The second kappa shape index (κ2) is 4.74. The molecule has 0 aliphatic heterocycles. The lowest BCUT2D eigenvalue weighted by Gasteiger charge is -2.16. The van der Waals surface area contributed by atoms with Crippen LogP contribution in [0.15, 0.2) is 6.07 Å². The molecule has 0 radical (unpaired) electrons. The Balaban J connectivity index is 2.53. The molecule has 0 atom stereocenters. The number of nitrogens with two attached hydrogens (primary N) is 1. The van der Waals surface area contributed by atoms with Gasteiger partial charge < -0.3 is 15.2 Å². The zero-order valence-electron chi connectivity index (χ0n) is 10.0. The van der Waals surface area contributed by atoms with Gasteiger partial charge in [-0.1, -0.05) is 0 Å². The molecular weight excluding hydrogens is 202 g/mol. The van der Waals surface area contributed by atoms with Gasteiger partial charge >= 0.3 is 0 Å². The van der Waals surface area contributed by atoms with Gasteiger partial charge in [0, 0.05) is 5.56 Å². The molecule has 3 nitrogen and oxygen atoms in total. The van der Waals surface area contributed by atoms with Crippen LogP contribution in [0.1, 0.15) is 23.1 Å². The maximum atomic E-state index is 5.64. The molecule has 16 heavy (non-hydrogen) atoms. The molecule has 1 aromatic carbocycles. The summed E-state index contributed by atoms with van der Waals surface area (Å²) in [5.74, 6) is 1.75. The molecule has 1 aromatic rings. The Morgan fingerprint density at radius 2 is 1.94 bits per heavy atom. The minimum Gasteiger partial charge on any atom is -0.493 e. The first-order valence-electron chi connectivity index (χ1n) is 5.77. The van der Waals surface area contributed by atoms with Gasteiger partial charge in [-0.3, -0.25) is 0 Å². The van der Waals surface area contributed by atoms with Gasteiger partial charge in [-0.15, -0.1) is 0 Å². The Hall–Kier alpha value is -1.22. The zero-order valence-corrected chi connectivity index (χ0v) is 10.0. The van der Waals surface area contributed by atoms with E-state index in [4.69, 9.17) is 15.2 Å². The molecule has 2 N–H and O–H groups in total. The smallest absolute Gasteiger partial charge is 0.164 e. The maximum absolute atomic E-state index is 5.64. The quantitative estimate of drug-likeness (QED) is 0.841. The largest absolute Gasteiger partial charge is 0.493 e. The summed E-state index contributed by atoms with van der Waals surface area (Å²) < 4.78 is 10.8. The highest BCUT2D eigenvalue weighted by molar-refractivity contribution is 5.56. The third-order valence-electron chi connectivity index (χ3n) is 3.25. The van der Waals surface area contributed by atoms with E-state index < -0.39 is 0 Å². The molecule has 3 heteroatoms. The van der Waals surface area contributed by atoms with Crippen molar-refractivity contribution in [1.82, 2.24) is 0 Å². The molecule has 0 amide bonds. The van der Waals surface area contributed by atoms with Crippen molar-refractivity contribution in [2.45, 2.75) is 25.7 Å². The number of ether oxygens (including phenoxy) is 2. The van der Waals surface area contributed by atoms with Gasteiger partial charge in [0.15, 0.2) is 11.5 Å². The molecule has 88 valence electrons. The van der Waals surface area contributed by atoms with Gasteiger partial charge in [-0.05, 0) is 49.4 Å². The second-order valence-electron chi connectivity index (χ2n) is 4.12. The second-order valence-corrected chi connectivity index (χ2v) is 4.12. The monoisotopic (exact) mass is 221 g/mol. The summed E-state index contributed by atoms with van der Waals surface area (Å²) in [5.41, 5.74) is 9.73. The van der Waals surface area contributed by atoms with Crippen LogP contribution in [0.5, 0.6) is 11.5 Å². The van der Waals surface area contributed by atoms with E-state index in [1.165, 1.54) is 23.1 Å². The first kappa shape index (κ1) is 11.3. The van der Waals surface area contributed by atoms with Crippen LogP contribution in [0.3, 0.4) is 0 Å². The van der Waals surface area contributed by atoms with E-state index in [1.807, 2.05) is 0 Å². The van der Waals surface area contributed by atoms with E-state index in [1.54, 1.807) is 14.2 Å². The number of hydrogen-bond donors (Lipinski definition) is 1. The normalized spacial score (nSPS) is 13.7. The highest BCUT2D eigenvalue weighted by Gasteiger charge is 2.22. The van der Waals surface area contributed by atoms with Crippen LogP contribution in [0.4, 0.5) is 0 Å². The highest BCUT2D eigenvalue weighted by Crippen LogP contribution is 2.40. The fourth-order valence-corrected chi connectivity index (χ4v) is 2.56. The molecule has 2 rings (SSSR count). The molecule has 0 spiro atoms. The molecule has 0 bridgehead atoms. The van der Waals surface area contributed by atoms with E-state index in [0.29, 0.717) is 6.54 Å². The van der Waals surface area contributed by atoms with E-state index in [-0.39, 0.29) is 0 Å². The SMILES string of the molecule is COc1cc(CCN)c2c(c1OC)CCC2. The van der Waals surface area contributed by atoms with Gasteiger partial charge in [-0.2, -0.15) is 0 Å². The van der Waals surface area contributed by atoms with Crippen LogP contribution >= 0.6 is 0 Å². The van der Waals surface area contributed by atoms with Crippen LogP contribution in [0.2, 0.25) is 0 Å². The van der Waals surface area contributed by atoms with Gasteiger partial charge in [0.1, 0.15) is 0 Å². The van der Waals surface area contributed by atoms with E-state index in [9.17, 15) is 0 Å². The Kier molecular flexibility index (Phi) is 3.34. The van der Waals surface area contributed by atoms with Crippen LogP contribution < -0.4 is 15.2 Å². The van der Waals surface area contributed by atoms with Crippen molar-refractivity contribution in [1.29, 1.82) is 0 Å². The predicted molar refractivity (Wildman–Crippen MR) is 64.3 cm³/mol. The molecule has 0 unspecified atom stereocenters. The predicted octanol–water partition coefficient (Wildman–Crippen LogP) is 1.69. The van der Waals surface area contributed by atoms with Crippen LogP contribution in [0.25, 0.3) is 0 Å². The summed E-state index contributed by atoms with van der Waals surface area (Å²) >= 11 is 0. The third kappa shape index (κ3) is 1.76. The molecule has 1 aliphatic rings. The van der Waals surface area contributed by atoms with Crippen LogP contribution in [-0.2, 0) is 19.3 Å². The van der Waals surface area contributed by atoms with Crippen molar-refractivity contribution in [3.63, 3.8) is 0 Å². The summed E-state index contributed by atoms with van der Waals surface area (Å²) in [7, 11) is 3.39. The summed E-state index contributed by atoms with van der Waals surface area (Å²) in [5, 5.41) is 0. The number of hydrogen-bond acceptors (Lipinski definition) is 3. The Bertz CT molecular complexity index is 388. The van der Waals surface area contributed by atoms with E-state index >= 15 is 0 Å². The third-order valence-corrected chi connectivity index (χ3v) is 3.25. The molecule has 0 fully saturated rings. The van der Waals surface area contributed by atoms with Gasteiger partial charge in [0.05, 0.1) is 14.2 Å². The molecule has 0 saturated carbocycles. The van der Waals surface area contributed by atoms with Crippen molar-refractivity contribution in [3.8, 4) is 11.5 Å². The molecule has 1 aliphatic carbocycles. The van der Waals surface area contributed by atoms with Crippen LogP contribution in [0, 0.1) is 0 Å². The topological polar surface area (TPSA) is 44.5 Å². The highest BCUT2D eigenvalue weighted by atomic mass is 16.5. The summed E-state index contributed by atoms with van der Waals surface area (Å²) in [4.78, 5) is 0. The lowest BCUT2D eigenvalue weighted by atomic mass is 9.99. The van der Waals surface area contributed by atoms with Gasteiger partial charge in [-0.25, -0.2) is 0 Å². The first-order valence-corrected chi connectivity index (χ1v) is 5.77. The zero-order chi connectivity index (χ0) is 11.5. The number of benzene rings is 1. The Labute approximate surface area is 96.5 Å². The average Bonchev–Trinajstić information content (AvgIpc) is 2.78. The van der Waals surface area contributed by atoms with Crippen molar-refractivity contribution >= 4 is 0 Å². The fourth-order valence-electron chi connectivity index (χ4n) is 2.56. The van der Waals surface area contributed by atoms with Crippen molar-refractivity contribution < 1.29 is 9.47 Å². The minimum absolute atomic E-state index is 0.682. The maximum Gasteiger partial charge on any atom is 0.164 e. The minimum atomic E-state index is 0.682. The molecule has 0 aromatic heterocycles. The van der Waals surface area contributed by atoms with E-state index in [2.05, 4.69) is 6.07 Å². The average molecular weight is 221 g/mol. The lowest BCUT2D eigenvalue weighted by Crippen LogP contribution is -2.07. The summed E-state index contributed by atoms with van der Waals surface area (Å²) in [6.07, 6.45) is 4.36. The molecule has 0 heterocycles. The fraction of sp³-hybridized carbons (Fsp3) is 0.538. The standard InChI is InChI=1S/C13H19NO2/c1-15-12-8-9(6-7-14)10-4-3-5-11(10)13(12)16-2/h8H,3-7,14H2,1-2H3. The van der Waals surface area contributed by atoms with Gasteiger partial charge in [0.2, 0.25) is 0 Å². The molecular formula is C13H19NO2. The lowest BCUT2D eigenvalue weighted by molar-refractivity contribution is 0.351. The first-order chi connectivity index (χ1) is 7.81. The van der Waals surface area contributed by atoms with Crippen molar-refractivity contribution in [3.05, 3.63) is 22.8 Å². The Morgan fingerprint density at radius 3 is 2.56 bits per heavy atom. The summed E-state index contributed by atoms with van der Waals surface area (Å²) in [6, 6.07) is 2.08. The number of fused-ring (bicyclic) bond motifs is 1.